The average molecular weight is 290 g/mol. The number of likely N-dealkylation sites (tertiary alicyclic amines) is 1. The summed E-state index contributed by atoms with van der Waals surface area (Å²) in [6.45, 7) is 2.12. The first-order chi connectivity index (χ1) is 9.67. The van der Waals surface area contributed by atoms with Gasteiger partial charge in [-0.15, -0.1) is 0 Å². The second kappa shape index (κ2) is 5.38. The van der Waals surface area contributed by atoms with Gasteiger partial charge < -0.3 is 10.6 Å². The van der Waals surface area contributed by atoms with Gasteiger partial charge in [-0.05, 0) is 37.1 Å². The molecule has 0 bridgehead atoms. The Morgan fingerprint density at radius 3 is 2.95 bits per heavy atom. The van der Waals surface area contributed by atoms with Crippen molar-refractivity contribution in [1.29, 1.82) is 0 Å². The first kappa shape index (κ1) is 13.3. The summed E-state index contributed by atoms with van der Waals surface area (Å²) in [6, 6.07) is 9.18. The van der Waals surface area contributed by atoms with E-state index >= 15 is 0 Å². The van der Waals surface area contributed by atoms with Gasteiger partial charge in [-0.2, -0.15) is 0 Å². The maximum Gasteiger partial charge on any atom is 0.272 e. The molecule has 0 spiro atoms. The minimum Gasteiger partial charge on any atom is -0.337 e. The highest BCUT2D eigenvalue weighted by Gasteiger charge is 2.26. The lowest BCUT2D eigenvalue weighted by Crippen LogP contribution is -2.30. The molecule has 0 radical (unpaired) electrons. The van der Waals surface area contributed by atoms with E-state index in [0.717, 1.165) is 30.4 Å². The zero-order chi connectivity index (χ0) is 14.1. The molecule has 0 saturated carbocycles. The minimum atomic E-state index is -0.0252. The quantitative estimate of drug-likeness (QED) is 0.923. The lowest BCUT2D eigenvalue weighted by atomic mass is 10.1. The van der Waals surface area contributed by atoms with Crippen molar-refractivity contribution in [2.24, 2.45) is 11.7 Å². The Balaban J connectivity index is 1.88. The van der Waals surface area contributed by atoms with E-state index in [9.17, 15) is 4.79 Å². The molecule has 2 aromatic rings. The van der Waals surface area contributed by atoms with Crippen molar-refractivity contribution < 1.29 is 4.79 Å². The van der Waals surface area contributed by atoms with Crippen LogP contribution < -0.4 is 5.73 Å². The molecule has 20 heavy (non-hydrogen) atoms. The number of rotatable bonds is 2. The first-order valence-electron chi connectivity index (χ1n) is 6.73. The van der Waals surface area contributed by atoms with Crippen molar-refractivity contribution >= 4 is 28.4 Å². The smallest absolute Gasteiger partial charge is 0.272 e. The molecule has 2 heterocycles. The third-order valence-electron chi connectivity index (χ3n) is 3.78. The van der Waals surface area contributed by atoms with E-state index in [1.807, 2.05) is 23.1 Å². The predicted octanol–water partition coefficient (Wildman–Crippen LogP) is 2.31. The zero-order valence-corrected chi connectivity index (χ0v) is 11.8. The lowest BCUT2D eigenvalue weighted by molar-refractivity contribution is 0.0782. The van der Waals surface area contributed by atoms with Gasteiger partial charge >= 0.3 is 0 Å². The average Bonchev–Trinajstić information content (AvgIpc) is 2.94. The number of hydrogen-bond acceptors (Lipinski definition) is 3. The number of halogens is 1. The van der Waals surface area contributed by atoms with E-state index in [-0.39, 0.29) is 5.91 Å². The molecule has 1 amide bonds. The van der Waals surface area contributed by atoms with E-state index < -0.39 is 0 Å². The maximum absolute atomic E-state index is 12.4. The number of carbonyl (C=O) groups excluding carboxylic acids is 1. The van der Waals surface area contributed by atoms with Crippen molar-refractivity contribution in [3.63, 3.8) is 0 Å². The molecule has 1 aromatic carbocycles. The number of aromatic nitrogens is 1. The van der Waals surface area contributed by atoms with E-state index in [0.29, 0.717) is 23.2 Å². The highest BCUT2D eigenvalue weighted by Crippen LogP contribution is 2.20. The molecule has 104 valence electrons. The maximum atomic E-state index is 12.4. The standard InChI is InChI=1S/C15H16ClN3O/c16-12-3-1-11-2-4-13(18-14(11)7-12)15(20)19-6-5-10(8-17)9-19/h1-4,7,10H,5-6,8-9,17H2/t10-/m0/s1. The third kappa shape index (κ3) is 2.49. The van der Waals surface area contributed by atoms with Crippen molar-refractivity contribution in [1.82, 2.24) is 9.88 Å². The fourth-order valence-corrected chi connectivity index (χ4v) is 2.75. The van der Waals surface area contributed by atoms with Gasteiger partial charge in [-0.1, -0.05) is 23.7 Å². The fourth-order valence-electron chi connectivity index (χ4n) is 2.58. The Morgan fingerprint density at radius 2 is 2.20 bits per heavy atom. The number of pyridine rings is 1. The van der Waals surface area contributed by atoms with Crippen LogP contribution in [0.4, 0.5) is 0 Å². The minimum absolute atomic E-state index is 0.0252. The number of amides is 1. The normalized spacial score (nSPS) is 18.7. The second-order valence-corrected chi connectivity index (χ2v) is 5.61. The summed E-state index contributed by atoms with van der Waals surface area (Å²) in [4.78, 5) is 18.7. The Hall–Kier alpha value is -1.65. The molecule has 1 aliphatic heterocycles. The van der Waals surface area contributed by atoms with Gasteiger partial charge in [0.2, 0.25) is 0 Å². The molecule has 1 aliphatic rings. The molecule has 1 saturated heterocycles. The van der Waals surface area contributed by atoms with Crippen LogP contribution >= 0.6 is 11.6 Å². The number of nitrogens with zero attached hydrogens (tertiary/aromatic N) is 2. The van der Waals surface area contributed by atoms with Crippen LogP contribution in [0.5, 0.6) is 0 Å². The van der Waals surface area contributed by atoms with Crippen LogP contribution in [-0.4, -0.2) is 35.4 Å². The Labute approximate surface area is 122 Å². The highest BCUT2D eigenvalue weighted by atomic mass is 35.5. The zero-order valence-electron chi connectivity index (χ0n) is 11.1. The van der Waals surface area contributed by atoms with Crippen LogP contribution in [0.25, 0.3) is 10.9 Å². The number of fused-ring (bicyclic) bond motifs is 1. The molecule has 0 aliphatic carbocycles. The predicted molar refractivity (Wildman–Crippen MR) is 79.8 cm³/mol. The van der Waals surface area contributed by atoms with Crippen LogP contribution in [-0.2, 0) is 0 Å². The SMILES string of the molecule is NC[C@@H]1CCN(C(=O)c2ccc3ccc(Cl)cc3n2)C1. The molecule has 2 N–H and O–H groups in total. The Kier molecular flexibility index (Phi) is 3.59. The monoisotopic (exact) mass is 289 g/mol. The van der Waals surface area contributed by atoms with Gasteiger partial charge in [0.05, 0.1) is 5.52 Å². The summed E-state index contributed by atoms with van der Waals surface area (Å²) in [5.74, 6) is 0.386. The van der Waals surface area contributed by atoms with E-state index in [1.54, 1.807) is 12.1 Å². The number of hydrogen-bond donors (Lipinski definition) is 1. The largest absolute Gasteiger partial charge is 0.337 e. The molecule has 0 unspecified atom stereocenters. The van der Waals surface area contributed by atoms with Crippen molar-refractivity contribution in [3.8, 4) is 0 Å². The molecule has 1 aromatic heterocycles. The fraction of sp³-hybridized carbons (Fsp3) is 0.333. The summed E-state index contributed by atoms with van der Waals surface area (Å²) in [5.41, 5.74) is 6.88. The lowest BCUT2D eigenvalue weighted by Gasteiger charge is -2.15. The number of benzene rings is 1. The summed E-state index contributed by atoms with van der Waals surface area (Å²) in [5, 5.41) is 1.60. The van der Waals surface area contributed by atoms with Gasteiger partial charge in [-0.25, -0.2) is 4.98 Å². The first-order valence-corrected chi connectivity index (χ1v) is 7.11. The summed E-state index contributed by atoms with van der Waals surface area (Å²) in [6.07, 6.45) is 0.974. The Morgan fingerprint density at radius 1 is 1.40 bits per heavy atom. The number of nitrogens with two attached hydrogens (primary N) is 1. The molecular weight excluding hydrogens is 274 g/mol. The second-order valence-electron chi connectivity index (χ2n) is 5.18. The highest BCUT2D eigenvalue weighted by molar-refractivity contribution is 6.31. The third-order valence-corrected chi connectivity index (χ3v) is 4.01. The molecule has 5 heteroatoms. The van der Waals surface area contributed by atoms with Gasteiger partial charge in [0, 0.05) is 23.5 Å². The van der Waals surface area contributed by atoms with Crippen LogP contribution in [0.2, 0.25) is 5.02 Å². The molecule has 1 fully saturated rings. The van der Waals surface area contributed by atoms with Crippen LogP contribution in [0.1, 0.15) is 16.9 Å². The van der Waals surface area contributed by atoms with E-state index in [4.69, 9.17) is 17.3 Å². The van der Waals surface area contributed by atoms with E-state index in [2.05, 4.69) is 4.98 Å². The topological polar surface area (TPSA) is 59.2 Å². The van der Waals surface area contributed by atoms with Gasteiger partial charge in [-0.3, -0.25) is 4.79 Å². The van der Waals surface area contributed by atoms with Crippen molar-refractivity contribution in [2.75, 3.05) is 19.6 Å². The van der Waals surface area contributed by atoms with Crippen LogP contribution in [0.3, 0.4) is 0 Å². The van der Waals surface area contributed by atoms with Gasteiger partial charge in [0.25, 0.3) is 5.91 Å². The Bertz CT molecular complexity index is 659. The van der Waals surface area contributed by atoms with E-state index in [1.165, 1.54) is 0 Å². The van der Waals surface area contributed by atoms with Gasteiger partial charge in [0.1, 0.15) is 5.69 Å². The molecular formula is C15H16ClN3O. The van der Waals surface area contributed by atoms with Crippen molar-refractivity contribution in [2.45, 2.75) is 6.42 Å². The molecule has 3 rings (SSSR count). The van der Waals surface area contributed by atoms with Crippen LogP contribution in [0.15, 0.2) is 30.3 Å². The number of carbonyl (C=O) groups is 1. The van der Waals surface area contributed by atoms with Crippen molar-refractivity contribution in [3.05, 3.63) is 41.0 Å². The molecule has 4 nitrogen and oxygen atoms in total. The van der Waals surface area contributed by atoms with Crippen LogP contribution in [0, 0.1) is 5.92 Å². The summed E-state index contributed by atoms with van der Waals surface area (Å²) in [7, 11) is 0. The molecule has 1 atom stereocenters. The summed E-state index contributed by atoms with van der Waals surface area (Å²) < 4.78 is 0. The summed E-state index contributed by atoms with van der Waals surface area (Å²) >= 11 is 5.97. The van der Waals surface area contributed by atoms with Gasteiger partial charge in [0.15, 0.2) is 0 Å².